The minimum Gasteiger partial charge on any atom is -0.350 e. The van der Waals surface area contributed by atoms with Crippen molar-refractivity contribution in [3.8, 4) is 0 Å². The third kappa shape index (κ3) is 3.85. The number of carbonyl (C=O) groups is 2. The van der Waals surface area contributed by atoms with E-state index in [1.54, 1.807) is 12.1 Å². The Balaban J connectivity index is 1.68. The van der Waals surface area contributed by atoms with Gasteiger partial charge in [-0.05, 0) is 51.1 Å². The Morgan fingerprint density at radius 1 is 1.28 bits per heavy atom. The zero-order valence-corrected chi connectivity index (χ0v) is 15.1. The summed E-state index contributed by atoms with van der Waals surface area (Å²) in [6.07, 6.45) is 2.36. The highest BCUT2D eigenvalue weighted by Crippen LogP contribution is 2.25. The van der Waals surface area contributed by atoms with Crippen LogP contribution in [0.25, 0.3) is 0 Å². The van der Waals surface area contributed by atoms with Crippen LogP contribution < -0.4 is 9.62 Å². The topological polar surface area (TPSA) is 86.8 Å². The number of nitrogens with one attached hydrogen (secondary N) is 1. The molecule has 136 valence electrons. The van der Waals surface area contributed by atoms with Crippen LogP contribution in [0.3, 0.4) is 0 Å². The summed E-state index contributed by atoms with van der Waals surface area (Å²) in [4.78, 5) is 26.6. The van der Waals surface area contributed by atoms with Crippen LogP contribution in [0, 0.1) is 0 Å². The molecule has 0 saturated carbocycles. The van der Waals surface area contributed by atoms with Crippen LogP contribution in [-0.2, 0) is 14.8 Å². The van der Waals surface area contributed by atoms with Crippen molar-refractivity contribution in [3.63, 3.8) is 0 Å². The van der Waals surface area contributed by atoms with Gasteiger partial charge < -0.3 is 5.32 Å². The van der Waals surface area contributed by atoms with Gasteiger partial charge in [-0.15, -0.1) is 0 Å². The molecule has 0 aliphatic carbocycles. The van der Waals surface area contributed by atoms with Crippen molar-refractivity contribution in [3.05, 3.63) is 29.8 Å². The molecule has 0 aromatic heterocycles. The molecule has 2 amide bonds. The summed E-state index contributed by atoms with van der Waals surface area (Å²) >= 11 is 0. The highest BCUT2D eigenvalue weighted by Gasteiger charge is 2.36. The molecule has 1 atom stereocenters. The second-order valence-electron chi connectivity index (χ2n) is 6.58. The van der Waals surface area contributed by atoms with Crippen molar-refractivity contribution >= 4 is 27.5 Å². The van der Waals surface area contributed by atoms with Crippen molar-refractivity contribution in [1.29, 1.82) is 0 Å². The van der Waals surface area contributed by atoms with E-state index in [4.69, 9.17) is 0 Å². The van der Waals surface area contributed by atoms with Gasteiger partial charge in [0.25, 0.3) is 5.91 Å². The number of likely N-dealkylation sites (tertiary alicyclic amines) is 1. The average Bonchev–Trinajstić information content (AvgIpc) is 3.20. The number of anilines is 1. The maximum atomic E-state index is 12.4. The first-order chi connectivity index (χ1) is 11.9. The number of amides is 2. The Morgan fingerprint density at radius 3 is 2.64 bits per heavy atom. The molecule has 25 heavy (non-hydrogen) atoms. The first-order valence-electron chi connectivity index (χ1n) is 8.56. The highest BCUT2D eigenvalue weighted by atomic mass is 32.2. The molecule has 2 aliphatic heterocycles. The average molecular weight is 365 g/mol. The summed E-state index contributed by atoms with van der Waals surface area (Å²) in [5.41, 5.74) is 0.573. The quantitative estimate of drug-likeness (QED) is 0.840. The molecule has 2 aliphatic rings. The maximum Gasteiger partial charge on any atom is 0.251 e. The third-order valence-corrected chi connectivity index (χ3v) is 6.43. The second kappa shape index (κ2) is 7.13. The maximum absolute atomic E-state index is 12.4. The van der Waals surface area contributed by atoms with Gasteiger partial charge >= 0.3 is 0 Å². The molecule has 0 spiro atoms. The molecule has 0 bridgehead atoms. The van der Waals surface area contributed by atoms with E-state index in [0.29, 0.717) is 12.1 Å². The van der Waals surface area contributed by atoms with Crippen LogP contribution >= 0.6 is 0 Å². The number of sulfonamides is 1. The van der Waals surface area contributed by atoms with Crippen LogP contribution in [0.2, 0.25) is 0 Å². The summed E-state index contributed by atoms with van der Waals surface area (Å²) in [7, 11) is -3.62. The Bertz CT molecular complexity index is 772. The summed E-state index contributed by atoms with van der Waals surface area (Å²) in [5.74, 6) is -0.910. The molecule has 2 fully saturated rings. The van der Waals surface area contributed by atoms with E-state index in [9.17, 15) is 18.0 Å². The van der Waals surface area contributed by atoms with Crippen LogP contribution in [0.5, 0.6) is 0 Å². The SMILES string of the molecule is CC(CNC(=O)c1cccc(N2C(=O)CCS2(=O)=O)c1)N1CCCC1. The Hall–Kier alpha value is -1.93. The van der Waals surface area contributed by atoms with Gasteiger partial charge in [0.15, 0.2) is 0 Å². The van der Waals surface area contributed by atoms with Gasteiger partial charge in [-0.3, -0.25) is 14.5 Å². The normalized spacial score (nSPS) is 21.5. The smallest absolute Gasteiger partial charge is 0.251 e. The first-order valence-corrected chi connectivity index (χ1v) is 10.2. The van der Waals surface area contributed by atoms with Crippen LogP contribution in [0.4, 0.5) is 5.69 Å². The zero-order chi connectivity index (χ0) is 18.0. The van der Waals surface area contributed by atoms with Crippen LogP contribution in [-0.4, -0.2) is 56.6 Å². The lowest BCUT2D eigenvalue weighted by molar-refractivity contribution is -0.116. The molecule has 7 nitrogen and oxygen atoms in total. The number of rotatable bonds is 5. The number of hydrogen-bond acceptors (Lipinski definition) is 5. The summed E-state index contributed by atoms with van der Waals surface area (Å²) in [6, 6.07) is 6.46. The van der Waals surface area contributed by atoms with Crippen molar-refractivity contribution < 1.29 is 18.0 Å². The van der Waals surface area contributed by atoms with E-state index in [1.165, 1.54) is 25.0 Å². The minimum absolute atomic E-state index is 0.0217. The number of carbonyl (C=O) groups excluding carboxylic acids is 2. The summed E-state index contributed by atoms with van der Waals surface area (Å²) in [6.45, 7) is 4.73. The molecule has 1 N–H and O–H groups in total. The standard InChI is InChI=1S/C17H23N3O4S/c1-13(19-8-2-3-9-19)12-18-17(22)14-5-4-6-15(11-14)20-16(21)7-10-25(20,23)24/h4-6,11,13H,2-3,7-10,12H2,1H3,(H,18,22). The predicted molar refractivity (Wildman–Crippen MR) is 94.9 cm³/mol. The van der Waals surface area contributed by atoms with Gasteiger partial charge in [-0.25, -0.2) is 12.7 Å². The Morgan fingerprint density at radius 2 is 2.00 bits per heavy atom. The lowest BCUT2D eigenvalue weighted by Gasteiger charge is -2.24. The van der Waals surface area contributed by atoms with Crippen molar-refractivity contribution in [2.45, 2.75) is 32.2 Å². The molecule has 3 rings (SSSR count). The van der Waals surface area contributed by atoms with E-state index in [-0.39, 0.29) is 29.8 Å². The zero-order valence-electron chi connectivity index (χ0n) is 14.3. The second-order valence-corrected chi connectivity index (χ2v) is 8.51. The Labute approximate surface area is 148 Å². The number of benzene rings is 1. The molecule has 2 saturated heterocycles. The number of nitrogens with zero attached hydrogens (tertiary/aromatic N) is 2. The van der Waals surface area contributed by atoms with Gasteiger partial charge in [0, 0.05) is 24.6 Å². The fourth-order valence-corrected chi connectivity index (χ4v) is 4.75. The largest absolute Gasteiger partial charge is 0.350 e. The van der Waals surface area contributed by atoms with Crippen LogP contribution in [0.15, 0.2) is 24.3 Å². The lowest BCUT2D eigenvalue weighted by atomic mass is 10.1. The van der Waals surface area contributed by atoms with Gasteiger partial charge in [-0.1, -0.05) is 6.07 Å². The van der Waals surface area contributed by atoms with Crippen LogP contribution in [0.1, 0.15) is 36.5 Å². The molecule has 2 heterocycles. The molecular formula is C17H23N3O4S. The molecule has 8 heteroatoms. The molecule has 0 radical (unpaired) electrons. The number of hydrogen-bond donors (Lipinski definition) is 1. The van der Waals surface area contributed by atoms with Gasteiger partial charge in [-0.2, -0.15) is 0 Å². The van der Waals surface area contributed by atoms with E-state index in [1.807, 2.05) is 0 Å². The van der Waals surface area contributed by atoms with E-state index in [2.05, 4.69) is 17.1 Å². The highest BCUT2D eigenvalue weighted by molar-refractivity contribution is 7.94. The molecular weight excluding hydrogens is 342 g/mol. The van der Waals surface area contributed by atoms with Crippen molar-refractivity contribution in [2.24, 2.45) is 0 Å². The van der Waals surface area contributed by atoms with E-state index >= 15 is 0 Å². The van der Waals surface area contributed by atoms with Crippen molar-refractivity contribution in [1.82, 2.24) is 10.2 Å². The fourth-order valence-electron chi connectivity index (χ4n) is 3.30. The third-order valence-electron chi connectivity index (χ3n) is 4.74. The first kappa shape index (κ1) is 17.9. The molecule has 1 aromatic rings. The molecule has 1 aromatic carbocycles. The van der Waals surface area contributed by atoms with Gasteiger partial charge in [0.05, 0.1) is 11.4 Å². The lowest BCUT2D eigenvalue weighted by Crippen LogP contribution is -2.40. The predicted octanol–water partition coefficient (Wildman–Crippen LogP) is 0.967. The van der Waals surface area contributed by atoms with E-state index in [0.717, 1.165) is 17.4 Å². The van der Waals surface area contributed by atoms with Crippen molar-refractivity contribution in [2.75, 3.05) is 29.7 Å². The fraction of sp³-hybridized carbons (Fsp3) is 0.529. The minimum atomic E-state index is -3.62. The van der Waals surface area contributed by atoms with E-state index < -0.39 is 15.9 Å². The Kier molecular flexibility index (Phi) is 5.10. The van der Waals surface area contributed by atoms with Gasteiger partial charge in [0.2, 0.25) is 15.9 Å². The summed E-state index contributed by atoms with van der Waals surface area (Å²) < 4.78 is 24.8. The monoisotopic (exact) mass is 365 g/mol. The molecule has 1 unspecified atom stereocenters. The summed E-state index contributed by atoms with van der Waals surface area (Å²) in [5, 5.41) is 2.89. The van der Waals surface area contributed by atoms with Gasteiger partial charge in [0.1, 0.15) is 0 Å².